The smallest absolute Gasteiger partial charge is 0.121 e. The van der Waals surface area contributed by atoms with Crippen LogP contribution in [0.5, 0.6) is 0 Å². The van der Waals surface area contributed by atoms with Gasteiger partial charge in [0.15, 0.2) is 0 Å². The standard InChI is InChI=1S/C25H26N2/c1-20-8-13-23(14-9-20)26-18-19-27(24-15-10-21(2)11-16-24)25(26)17-12-22-6-4-3-5-7-22/h3-17,25H,18-19H2,1-2H3. The van der Waals surface area contributed by atoms with E-state index in [-0.39, 0.29) is 6.17 Å². The van der Waals surface area contributed by atoms with E-state index in [1.165, 1.54) is 28.1 Å². The molecule has 0 radical (unpaired) electrons. The Morgan fingerprint density at radius 2 is 1.15 bits per heavy atom. The number of rotatable bonds is 4. The summed E-state index contributed by atoms with van der Waals surface area (Å²) in [6.45, 7) is 6.31. The van der Waals surface area contributed by atoms with Crippen molar-refractivity contribution in [2.24, 2.45) is 0 Å². The fourth-order valence-electron chi connectivity index (χ4n) is 3.65. The lowest BCUT2D eigenvalue weighted by Gasteiger charge is -2.31. The molecule has 1 aliphatic heterocycles. The Morgan fingerprint density at radius 1 is 0.667 bits per heavy atom. The molecule has 0 atom stereocenters. The van der Waals surface area contributed by atoms with Crippen molar-refractivity contribution >= 4 is 17.5 Å². The summed E-state index contributed by atoms with van der Waals surface area (Å²) in [4.78, 5) is 4.97. The van der Waals surface area contributed by atoms with Crippen molar-refractivity contribution in [1.82, 2.24) is 0 Å². The Labute approximate surface area is 162 Å². The summed E-state index contributed by atoms with van der Waals surface area (Å²) in [5, 5.41) is 0. The second-order valence-electron chi connectivity index (χ2n) is 7.24. The van der Waals surface area contributed by atoms with Gasteiger partial charge in [-0.15, -0.1) is 0 Å². The van der Waals surface area contributed by atoms with Crippen LogP contribution >= 0.6 is 0 Å². The van der Waals surface area contributed by atoms with Crippen molar-refractivity contribution in [2.45, 2.75) is 20.0 Å². The quantitative estimate of drug-likeness (QED) is 0.595. The van der Waals surface area contributed by atoms with Crippen molar-refractivity contribution in [1.29, 1.82) is 0 Å². The molecule has 0 spiro atoms. The van der Waals surface area contributed by atoms with Gasteiger partial charge in [-0.05, 0) is 49.8 Å². The topological polar surface area (TPSA) is 6.48 Å². The predicted molar refractivity (Wildman–Crippen MR) is 116 cm³/mol. The van der Waals surface area contributed by atoms with E-state index < -0.39 is 0 Å². The Morgan fingerprint density at radius 3 is 1.63 bits per heavy atom. The summed E-state index contributed by atoms with van der Waals surface area (Å²) in [5.41, 5.74) is 6.38. The van der Waals surface area contributed by atoms with E-state index in [0.29, 0.717) is 0 Å². The van der Waals surface area contributed by atoms with E-state index in [1.807, 2.05) is 0 Å². The minimum Gasteiger partial charge on any atom is -0.346 e. The zero-order chi connectivity index (χ0) is 18.6. The Balaban J connectivity index is 1.67. The van der Waals surface area contributed by atoms with Gasteiger partial charge in [-0.1, -0.05) is 71.8 Å². The lowest BCUT2D eigenvalue weighted by atomic mass is 10.1. The lowest BCUT2D eigenvalue weighted by molar-refractivity contribution is 0.803. The van der Waals surface area contributed by atoms with Crippen LogP contribution in [0, 0.1) is 13.8 Å². The minimum absolute atomic E-state index is 0.204. The zero-order valence-corrected chi connectivity index (χ0v) is 16.0. The maximum atomic E-state index is 2.48. The molecule has 4 rings (SSSR count). The van der Waals surface area contributed by atoms with Crippen LogP contribution in [0.15, 0.2) is 84.9 Å². The van der Waals surface area contributed by atoms with Gasteiger partial charge < -0.3 is 9.80 Å². The first-order valence-corrected chi connectivity index (χ1v) is 9.60. The highest BCUT2D eigenvalue weighted by molar-refractivity contribution is 5.62. The fraction of sp³-hybridized carbons (Fsp3) is 0.200. The van der Waals surface area contributed by atoms with E-state index in [2.05, 4.69) is 115 Å². The monoisotopic (exact) mass is 354 g/mol. The molecule has 0 saturated carbocycles. The molecule has 2 heteroatoms. The van der Waals surface area contributed by atoms with Crippen molar-refractivity contribution in [3.63, 3.8) is 0 Å². The van der Waals surface area contributed by atoms with Crippen LogP contribution in [0.3, 0.4) is 0 Å². The molecule has 0 unspecified atom stereocenters. The average Bonchev–Trinajstić information content (AvgIpc) is 3.12. The normalized spacial score (nSPS) is 15.0. The van der Waals surface area contributed by atoms with Gasteiger partial charge in [0.05, 0.1) is 0 Å². The van der Waals surface area contributed by atoms with Gasteiger partial charge in [0.2, 0.25) is 0 Å². The summed E-state index contributed by atoms with van der Waals surface area (Å²) < 4.78 is 0. The second kappa shape index (κ2) is 7.71. The van der Waals surface area contributed by atoms with Gasteiger partial charge in [-0.3, -0.25) is 0 Å². The molecule has 1 aliphatic rings. The van der Waals surface area contributed by atoms with Crippen molar-refractivity contribution in [3.05, 3.63) is 102 Å². The summed E-state index contributed by atoms with van der Waals surface area (Å²) in [5.74, 6) is 0. The number of hydrogen-bond acceptors (Lipinski definition) is 2. The maximum Gasteiger partial charge on any atom is 0.121 e. The van der Waals surface area contributed by atoms with Crippen molar-refractivity contribution in [2.75, 3.05) is 22.9 Å². The van der Waals surface area contributed by atoms with E-state index >= 15 is 0 Å². The first-order valence-electron chi connectivity index (χ1n) is 9.60. The van der Waals surface area contributed by atoms with Crippen molar-refractivity contribution in [3.8, 4) is 0 Å². The molecule has 0 aliphatic carbocycles. The first kappa shape index (κ1) is 17.4. The highest BCUT2D eigenvalue weighted by Crippen LogP contribution is 2.30. The predicted octanol–water partition coefficient (Wildman–Crippen LogP) is 5.67. The molecular weight excluding hydrogens is 328 g/mol. The third kappa shape index (κ3) is 3.90. The number of nitrogens with zero attached hydrogens (tertiary/aromatic N) is 2. The molecule has 1 saturated heterocycles. The van der Waals surface area contributed by atoms with Crippen LogP contribution in [0.4, 0.5) is 11.4 Å². The van der Waals surface area contributed by atoms with Gasteiger partial charge in [0.1, 0.15) is 6.17 Å². The maximum absolute atomic E-state index is 2.48. The lowest BCUT2D eigenvalue weighted by Crippen LogP contribution is -2.37. The zero-order valence-electron chi connectivity index (χ0n) is 16.0. The van der Waals surface area contributed by atoms with Crippen LogP contribution in [-0.4, -0.2) is 19.3 Å². The second-order valence-corrected chi connectivity index (χ2v) is 7.24. The van der Waals surface area contributed by atoms with Crippen LogP contribution in [0.25, 0.3) is 6.08 Å². The summed E-state index contributed by atoms with van der Waals surface area (Å²) >= 11 is 0. The molecule has 1 fully saturated rings. The van der Waals surface area contributed by atoms with Gasteiger partial charge in [-0.25, -0.2) is 0 Å². The first-order chi connectivity index (χ1) is 13.2. The summed E-state index contributed by atoms with van der Waals surface area (Å²) in [6.07, 6.45) is 4.76. The van der Waals surface area contributed by atoms with E-state index in [1.54, 1.807) is 0 Å². The fourth-order valence-corrected chi connectivity index (χ4v) is 3.65. The highest BCUT2D eigenvalue weighted by Gasteiger charge is 2.30. The van der Waals surface area contributed by atoms with Gasteiger partial charge in [0.25, 0.3) is 0 Å². The molecule has 27 heavy (non-hydrogen) atoms. The third-order valence-electron chi connectivity index (χ3n) is 5.21. The van der Waals surface area contributed by atoms with Crippen LogP contribution < -0.4 is 9.80 Å². The Bertz CT molecular complexity index is 842. The molecule has 2 nitrogen and oxygen atoms in total. The largest absolute Gasteiger partial charge is 0.346 e. The Kier molecular flexibility index (Phi) is 4.97. The number of aryl methyl sites for hydroxylation is 2. The summed E-state index contributed by atoms with van der Waals surface area (Å²) in [6, 6.07) is 28.3. The molecule has 0 N–H and O–H groups in total. The number of hydrogen-bond donors (Lipinski definition) is 0. The van der Waals surface area contributed by atoms with Gasteiger partial charge in [0, 0.05) is 24.5 Å². The van der Waals surface area contributed by atoms with Crippen LogP contribution in [0.2, 0.25) is 0 Å². The van der Waals surface area contributed by atoms with E-state index in [0.717, 1.165) is 13.1 Å². The summed E-state index contributed by atoms with van der Waals surface area (Å²) in [7, 11) is 0. The van der Waals surface area contributed by atoms with Gasteiger partial charge in [-0.2, -0.15) is 0 Å². The Hall–Kier alpha value is -3.00. The molecule has 0 bridgehead atoms. The molecule has 136 valence electrons. The van der Waals surface area contributed by atoms with Crippen LogP contribution in [-0.2, 0) is 0 Å². The minimum atomic E-state index is 0.204. The highest BCUT2D eigenvalue weighted by atomic mass is 15.4. The molecule has 3 aromatic carbocycles. The third-order valence-corrected chi connectivity index (χ3v) is 5.21. The van der Waals surface area contributed by atoms with Crippen LogP contribution in [0.1, 0.15) is 16.7 Å². The molecule has 0 aromatic heterocycles. The van der Waals surface area contributed by atoms with E-state index in [9.17, 15) is 0 Å². The molecule has 0 amide bonds. The molecule has 1 heterocycles. The number of benzene rings is 3. The SMILES string of the molecule is Cc1ccc(N2CCN(c3ccc(C)cc3)C2C=Cc2ccccc2)cc1. The van der Waals surface area contributed by atoms with Gasteiger partial charge >= 0.3 is 0 Å². The average molecular weight is 354 g/mol. The molecule has 3 aromatic rings. The number of anilines is 2. The van der Waals surface area contributed by atoms with Crippen molar-refractivity contribution < 1.29 is 0 Å². The van der Waals surface area contributed by atoms with E-state index in [4.69, 9.17) is 0 Å². The molecular formula is C25H26N2.